The van der Waals surface area contributed by atoms with Gasteiger partial charge in [-0.1, -0.05) is 36.4 Å². The predicted octanol–water partition coefficient (Wildman–Crippen LogP) is 3.69. The van der Waals surface area contributed by atoms with E-state index in [1.165, 1.54) is 0 Å². The fraction of sp³-hybridized carbons (Fsp3) is 0.481. The number of rotatable bonds is 4. The standard InChI is InChI=1S/C27H35N3O4/c1-5-28-14-15-29(25(32)21-12-8-9-13-22(21)28)18-24(31)23-16-19-10-6-7-11-20(19)17-30(23)26(33)34-27(2,3)4/h6-13,23-24,31H,5,14-18H2,1-4H3/t23-,24+/m0/s1. The summed E-state index contributed by atoms with van der Waals surface area (Å²) in [5.74, 6) is -0.0920. The fourth-order valence-electron chi connectivity index (χ4n) is 4.83. The van der Waals surface area contributed by atoms with E-state index in [1.54, 1.807) is 9.80 Å². The number of nitrogens with zero attached hydrogens (tertiary/aromatic N) is 3. The van der Waals surface area contributed by atoms with Gasteiger partial charge in [0.2, 0.25) is 0 Å². The number of amides is 2. The summed E-state index contributed by atoms with van der Waals surface area (Å²) >= 11 is 0. The SMILES string of the molecule is CCN1CCN(C[C@@H](O)[C@@H]2Cc3ccccc3CN2C(=O)OC(C)(C)C)C(=O)c2ccccc21. The molecule has 34 heavy (non-hydrogen) atoms. The summed E-state index contributed by atoms with van der Waals surface area (Å²) in [4.78, 5) is 32.0. The molecule has 7 heteroatoms. The highest BCUT2D eigenvalue weighted by atomic mass is 16.6. The van der Waals surface area contributed by atoms with Crippen LogP contribution in [0.15, 0.2) is 48.5 Å². The number of aliphatic hydroxyl groups is 1. The molecule has 2 aromatic carbocycles. The Kier molecular flexibility index (Phi) is 6.84. The van der Waals surface area contributed by atoms with Crippen LogP contribution >= 0.6 is 0 Å². The molecule has 0 saturated carbocycles. The third-order valence-corrected chi connectivity index (χ3v) is 6.55. The first kappa shape index (κ1) is 24.1. The van der Waals surface area contributed by atoms with Gasteiger partial charge in [-0.05, 0) is 57.4 Å². The number of anilines is 1. The van der Waals surface area contributed by atoms with Gasteiger partial charge in [-0.25, -0.2) is 4.79 Å². The van der Waals surface area contributed by atoms with Crippen LogP contribution in [0.25, 0.3) is 0 Å². The normalized spacial score (nSPS) is 19.3. The fourth-order valence-corrected chi connectivity index (χ4v) is 4.83. The number of benzene rings is 2. The lowest BCUT2D eigenvalue weighted by atomic mass is 9.91. The molecule has 2 amide bonds. The van der Waals surface area contributed by atoms with E-state index in [-0.39, 0.29) is 12.5 Å². The van der Waals surface area contributed by atoms with E-state index in [9.17, 15) is 14.7 Å². The summed E-state index contributed by atoms with van der Waals surface area (Å²) < 4.78 is 5.67. The summed E-state index contributed by atoms with van der Waals surface area (Å²) in [6.45, 7) is 10.1. The maximum absolute atomic E-state index is 13.4. The highest BCUT2D eigenvalue weighted by Crippen LogP contribution is 2.29. The Morgan fingerprint density at radius 2 is 1.71 bits per heavy atom. The van der Waals surface area contributed by atoms with Gasteiger partial charge < -0.3 is 19.6 Å². The quantitative estimate of drug-likeness (QED) is 0.746. The van der Waals surface area contributed by atoms with Gasteiger partial charge in [0.25, 0.3) is 5.91 Å². The molecular weight excluding hydrogens is 430 g/mol. The summed E-state index contributed by atoms with van der Waals surface area (Å²) in [6.07, 6.45) is -0.850. The van der Waals surface area contributed by atoms with Gasteiger partial charge in [0.05, 0.1) is 17.7 Å². The second kappa shape index (κ2) is 9.66. The van der Waals surface area contributed by atoms with Crippen LogP contribution in [0.3, 0.4) is 0 Å². The van der Waals surface area contributed by atoms with Crippen molar-refractivity contribution in [2.75, 3.05) is 31.1 Å². The first-order chi connectivity index (χ1) is 16.2. The molecule has 2 aliphatic rings. The second-order valence-electron chi connectivity index (χ2n) is 10.1. The lowest BCUT2D eigenvalue weighted by Gasteiger charge is -2.41. The van der Waals surface area contributed by atoms with Crippen molar-refractivity contribution in [2.45, 2.75) is 58.4 Å². The molecule has 2 atom stereocenters. The largest absolute Gasteiger partial charge is 0.444 e. The monoisotopic (exact) mass is 465 g/mol. The zero-order valence-corrected chi connectivity index (χ0v) is 20.5. The van der Waals surface area contributed by atoms with E-state index in [0.29, 0.717) is 31.6 Å². The average molecular weight is 466 g/mol. The number of para-hydroxylation sites is 1. The molecule has 2 aliphatic heterocycles. The van der Waals surface area contributed by atoms with Crippen LogP contribution in [0.2, 0.25) is 0 Å². The summed E-state index contributed by atoms with van der Waals surface area (Å²) in [6, 6.07) is 15.1. The van der Waals surface area contributed by atoms with E-state index < -0.39 is 23.8 Å². The maximum Gasteiger partial charge on any atom is 0.410 e. The van der Waals surface area contributed by atoms with Crippen molar-refractivity contribution in [1.29, 1.82) is 0 Å². The van der Waals surface area contributed by atoms with Crippen LogP contribution in [-0.4, -0.2) is 70.8 Å². The third-order valence-electron chi connectivity index (χ3n) is 6.55. The van der Waals surface area contributed by atoms with Gasteiger partial charge in [0.15, 0.2) is 0 Å². The van der Waals surface area contributed by atoms with Gasteiger partial charge in [-0.2, -0.15) is 0 Å². The highest BCUT2D eigenvalue weighted by molar-refractivity contribution is 6.00. The number of hydrogen-bond donors (Lipinski definition) is 1. The van der Waals surface area contributed by atoms with Gasteiger partial charge in [0.1, 0.15) is 5.60 Å². The molecule has 0 saturated heterocycles. The van der Waals surface area contributed by atoms with Crippen molar-refractivity contribution >= 4 is 17.7 Å². The van der Waals surface area contributed by atoms with E-state index in [1.807, 2.05) is 69.3 Å². The smallest absolute Gasteiger partial charge is 0.410 e. The lowest BCUT2D eigenvalue weighted by Crippen LogP contribution is -2.55. The van der Waals surface area contributed by atoms with Crippen LogP contribution in [0.4, 0.5) is 10.5 Å². The Bertz CT molecular complexity index is 1050. The Hall–Kier alpha value is -3.06. The van der Waals surface area contributed by atoms with Crippen molar-refractivity contribution in [3.8, 4) is 0 Å². The molecule has 0 radical (unpaired) electrons. The minimum atomic E-state index is -0.912. The molecule has 0 spiro atoms. The number of likely N-dealkylation sites (N-methyl/N-ethyl adjacent to an activating group) is 1. The van der Waals surface area contributed by atoms with Gasteiger partial charge in [-0.3, -0.25) is 9.69 Å². The average Bonchev–Trinajstić information content (AvgIpc) is 2.94. The molecule has 0 aromatic heterocycles. The summed E-state index contributed by atoms with van der Waals surface area (Å²) in [7, 11) is 0. The molecule has 2 heterocycles. The van der Waals surface area contributed by atoms with E-state index in [2.05, 4.69) is 11.8 Å². The maximum atomic E-state index is 13.4. The molecule has 0 unspecified atom stereocenters. The van der Waals surface area contributed by atoms with E-state index in [0.717, 1.165) is 23.4 Å². The van der Waals surface area contributed by atoms with Crippen LogP contribution < -0.4 is 4.90 Å². The number of β-amino-alcohol motifs (C(OH)–C–C–N with tert-alkyl or cyclic N) is 1. The molecule has 0 bridgehead atoms. The number of carbonyl (C=O) groups is 2. The van der Waals surface area contributed by atoms with Crippen molar-refractivity contribution in [3.63, 3.8) is 0 Å². The Balaban J connectivity index is 1.58. The first-order valence-electron chi connectivity index (χ1n) is 12.1. The van der Waals surface area contributed by atoms with Crippen LogP contribution in [0.5, 0.6) is 0 Å². The van der Waals surface area contributed by atoms with Gasteiger partial charge in [0, 0.05) is 38.4 Å². The van der Waals surface area contributed by atoms with E-state index >= 15 is 0 Å². The van der Waals surface area contributed by atoms with Crippen molar-refractivity contribution < 1.29 is 19.4 Å². The Labute approximate surface area is 201 Å². The molecular formula is C27H35N3O4. The van der Waals surface area contributed by atoms with Gasteiger partial charge in [-0.15, -0.1) is 0 Å². The topological polar surface area (TPSA) is 73.3 Å². The minimum Gasteiger partial charge on any atom is -0.444 e. The number of hydrogen-bond acceptors (Lipinski definition) is 5. The van der Waals surface area contributed by atoms with Crippen LogP contribution in [0, 0.1) is 0 Å². The minimum absolute atomic E-state index is 0.0920. The predicted molar refractivity (Wildman–Crippen MR) is 132 cm³/mol. The zero-order chi connectivity index (χ0) is 24.5. The Morgan fingerprint density at radius 1 is 1.06 bits per heavy atom. The highest BCUT2D eigenvalue weighted by Gasteiger charge is 2.38. The third kappa shape index (κ3) is 5.04. The molecule has 182 valence electrons. The summed E-state index contributed by atoms with van der Waals surface area (Å²) in [5, 5.41) is 11.4. The zero-order valence-electron chi connectivity index (χ0n) is 20.5. The van der Waals surface area contributed by atoms with Gasteiger partial charge >= 0.3 is 6.09 Å². The number of ether oxygens (including phenoxy) is 1. The Morgan fingerprint density at radius 3 is 2.41 bits per heavy atom. The van der Waals surface area contributed by atoms with Crippen molar-refractivity contribution in [1.82, 2.24) is 9.80 Å². The van der Waals surface area contributed by atoms with Crippen LogP contribution in [0.1, 0.15) is 49.2 Å². The molecule has 0 aliphatic carbocycles. The first-order valence-corrected chi connectivity index (χ1v) is 12.1. The lowest BCUT2D eigenvalue weighted by molar-refractivity contribution is -0.0176. The van der Waals surface area contributed by atoms with Crippen LogP contribution in [-0.2, 0) is 17.7 Å². The molecule has 4 rings (SSSR count). The molecule has 7 nitrogen and oxygen atoms in total. The van der Waals surface area contributed by atoms with Crippen molar-refractivity contribution in [2.24, 2.45) is 0 Å². The summed E-state index contributed by atoms with van der Waals surface area (Å²) in [5.41, 5.74) is 3.09. The number of carbonyl (C=O) groups excluding carboxylic acids is 2. The number of aliphatic hydroxyl groups excluding tert-OH is 1. The molecule has 1 N–H and O–H groups in total. The number of fused-ring (bicyclic) bond motifs is 2. The molecule has 2 aromatic rings. The van der Waals surface area contributed by atoms with E-state index in [4.69, 9.17) is 4.74 Å². The molecule has 0 fully saturated rings. The second-order valence-corrected chi connectivity index (χ2v) is 10.1. The van der Waals surface area contributed by atoms with Crippen molar-refractivity contribution in [3.05, 3.63) is 65.2 Å².